The molecule has 0 saturated carbocycles. The second-order valence-electron chi connectivity index (χ2n) is 8.52. The average Bonchev–Trinajstić information content (AvgIpc) is 3.48. The molecule has 3 aromatic carbocycles. The normalized spacial score (nSPS) is 15.5. The molecule has 0 spiro atoms. The number of amides is 2. The second-order valence-corrected chi connectivity index (χ2v) is 8.52. The Balaban J connectivity index is 1.21. The van der Waals surface area contributed by atoms with Crippen molar-refractivity contribution >= 4 is 17.5 Å². The van der Waals surface area contributed by atoms with Gasteiger partial charge in [0, 0.05) is 36.3 Å². The molecule has 1 aliphatic heterocycles. The van der Waals surface area contributed by atoms with Crippen molar-refractivity contribution in [3.05, 3.63) is 90.0 Å². The number of rotatable bonds is 6. The zero-order valence-electron chi connectivity index (χ0n) is 18.8. The molecule has 0 radical (unpaired) electrons. The maximum absolute atomic E-state index is 12.8. The number of likely N-dealkylation sites (tertiary alicyclic amines) is 1. The smallest absolute Gasteiger partial charge is 0.258 e. The molecule has 0 aliphatic carbocycles. The van der Waals surface area contributed by atoms with Crippen molar-refractivity contribution < 1.29 is 14.1 Å². The molecule has 1 fully saturated rings. The molecule has 1 aliphatic rings. The van der Waals surface area contributed by atoms with Gasteiger partial charge in [-0.3, -0.25) is 9.59 Å². The molecule has 2 amide bonds. The first-order chi connectivity index (χ1) is 16.5. The van der Waals surface area contributed by atoms with E-state index in [1.54, 1.807) is 17.0 Å². The van der Waals surface area contributed by atoms with Gasteiger partial charge >= 0.3 is 0 Å². The van der Waals surface area contributed by atoms with Gasteiger partial charge in [-0.1, -0.05) is 59.3 Å². The summed E-state index contributed by atoms with van der Waals surface area (Å²) in [7, 11) is 0. The second kappa shape index (κ2) is 9.31. The molecular weight excluding hydrogens is 428 g/mol. The Kier molecular flexibility index (Phi) is 5.91. The molecule has 170 valence electrons. The standard InChI is InChI=1S/C27H24N4O3/c1-18-6-5-9-21(14-18)25-29-27(34-30-25)20-10-12-23(13-11-20)28-26(33)22-15-24(32)31(17-22)16-19-7-3-2-4-8-19/h2-14,22H,15-17H2,1H3,(H,28,33)/t22-/m1/s1. The summed E-state index contributed by atoms with van der Waals surface area (Å²) in [6.07, 6.45) is 0.223. The Morgan fingerprint density at radius 3 is 2.59 bits per heavy atom. The summed E-state index contributed by atoms with van der Waals surface area (Å²) in [5.74, 6) is 0.412. The lowest BCUT2D eigenvalue weighted by molar-refractivity contribution is -0.128. The lowest BCUT2D eigenvalue weighted by Gasteiger charge is -2.16. The molecule has 1 atom stereocenters. The van der Waals surface area contributed by atoms with E-state index in [1.807, 2.05) is 73.7 Å². The molecule has 4 aromatic rings. The number of nitrogens with zero attached hydrogens (tertiary/aromatic N) is 3. The van der Waals surface area contributed by atoms with Gasteiger partial charge in [0.25, 0.3) is 5.89 Å². The summed E-state index contributed by atoms with van der Waals surface area (Å²) in [5.41, 5.74) is 4.48. The lowest BCUT2D eigenvalue weighted by atomic mass is 10.1. The van der Waals surface area contributed by atoms with Crippen LogP contribution in [-0.4, -0.2) is 33.4 Å². The first-order valence-electron chi connectivity index (χ1n) is 11.2. The minimum atomic E-state index is -0.372. The fraction of sp³-hybridized carbons (Fsp3) is 0.185. The number of anilines is 1. The zero-order chi connectivity index (χ0) is 23.5. The van der Waals surface area contributed by atoms with Crippen molar-refractivity contribution in [3.8, 4) is 22.8 Å². The third-order valence-electron chi connectivity index (χ3n) is 5.90. The van der Waals surface area contributed by atoms with Crippen LogP contribution in [0.25, 0.3) is 22.8 Å². The van der Waals surface area contributed by atoms with E-state index in [1.165, 1.54) is 0 Å². The highest BCUT2D eigenvalue weighted by Crippen LogP contribution is 2.25. The van der Waals surface area contributed by atoms with Crippen LogP contribution in [0.4, 0.5) is 5.69 Å². The number of carbonyl (C=O) groups is 2. The molecule has 0 unspecified atom stereocenters. The molecular formula is C27H24N4O3. The van der Waals surface area contributed by atoms with Gasteiger partial charge in [-0.05, 0) is 42.8 Å². The number of carbonyl (C=O) groups excluding carboxylic acids is 2. The van der Waals surface area contributed by atoms with E-state index in [-0.39, 0.29) is 24.2 Å². The predicted molar refractivity (Wildman–Crippen MR) is 129 cm³/mol. The van der Waals surface area contributed by atoms with E-state index < -0.39 is 0 Å². The number of hydrogen-bond acceptors (Lipinski definition) is 5. The summed E-state index contributed by atoms with van der Waals surface area (Å²) in [6, 6.07) is 24.9. The SMILES string of the molecule is Cc1cccc(-c2noc(-c3ccc(NC(=O)[C@@H]4CC(=O)N(Cc5ccccc5)C4)cc3)n2)c1. The summed E-state index contributed by atoms with van der Waals surface area (Å²) in [6.45, 7) is 2.95. The number of aryl methyl sites for hydroxylation is 1. The van der Waals surface area contributed by atoms with Crippen molar-refractivity contribution in [1.82, 2.24) is 15.0 Å². The third-order valence-corrected chi connectivity index (χ3v) is 5.90. The van der Waals surface area contributed by atoms with E-state index in [9.17, 15) is 9.59 Å². The molecule has 7 nitrogen and oxygen atoms in total. The number of hydrogen-bond donors (Lipinski definition) is 1. The third kappa shape index (κ3) is 4.73. The average molecular weight is 453 g/mol. The Bertz CT molecular complexity index is 1320. The Labute approximate surface area is 197 Å². The summed E-state index contributed by atoms with van der Waals surface area (Å²) in [4.78, 5) is 31.4. The van der Waals surface area contributed by atoms with Crippen LogP contribution in [-0.2, 0) is 16.1 Å². The van der Waals surface area contributed by atoms with E-state index in [2.05, 4.69) is 15.5 Å². The largest absolute Gasteiger partial charge is 0.338 e. The maximum Gasteiger partial charge on any atom is 0.258 e. The van der Waals surface area contributed by atoms with Gasteiger partial charge in [0.1, 0.15) is 0 Å². The van der Waals surface area contributed by atoms with E-state index in [0.29, 0.717) is 30.5 Å². The Hall–Kier alpha value is -4.26. The van der Waals surface area contributed by atoms with Crippen molar-refractivity contribution in [1.29, 1.82) is 0 Å². The number of benzene rings is 3. The molecule has 0 bridgehead atoms. The van der Waals surface area contributed by atoms with Crippen LogP contribution in [0.2, 0.25) is 0 Å². The molecule has 1 saturated heterocycles. The predicted octanol–water partition coefficient (Wildman–Crippen LogP) is 4.70. The molecule has 5 rings (SSSR count). The molecule has 1 aromatic heterocycles. The highest BCUT2D eigenvalue weighted by Gasteiger charge is 2.34. The fourth-order valence-corrected chi connectivity index (χ4v) is 4.09. The number of aromatic nitrogens is 2. The van der Waals surface area contributed by atoms with Gasteiger partial charge in [-0.2, -0.15) is 4.98 Å². The summed E-state index contributed by atoms with van der Waals surface area (Å²) >= 11 is 0. The first-order valence-corrected chi connectivity index (χ1v) is 11.2. The minimum Gasteiger partial charge on any atom is -0.338 e. The van der Waals surface area contributed by atoms with E-state index in [0.717, 1.165) is 22.3 Å². The van der Waals surface area contributed by atoms with Crippen molar-refractivity contribution in [2.75, 3.05) is 11.9 Å². The quantitative estimate of drug-likeness (QED) is 0.458. The maximum atomic E-state index is 12.8. The van der Waals surface area contributed by atoms with Gasteiger partial charge in [-0.15, -0.1) is 0 Å². The fourth-order valence-electron chi connectivity index (χ4n) is 4.09. The molecule has 2 heterocycles. The van der Waals surface area contributed by atoms with Crippen molar-refractivity contribution in [2.45, 2.75) is 19.9 Å². The lowest BCUT2D eigenvalue weighted by Crippen LogP contribution is -2.28. The van der Waals surface area contributed by atoms with E-state index in [4.69, 9.17) is 4.52 Å². The monoisotopic (exact) mass is 452 g/mol. The van der Waals surface area contributed by atoms with Crippen molar-refractivity contribution in [2.24, 2.45) is 5.92 Å². The van der Waals surface area contributed by atoms with Crippen LogP contribution in [0.3, 0.4) is 0 Å². The highest BCUT2D eigenvalue weighted by molar-refractivity contribution is 5.97. The van der Waals surface area contributed by atoms with Crippen LogP contribution in [0.15, 0.2) is 83.4 Å². The first kappa shape index (κ1) is 21.6. The minimum absolute atomic E-state index is 0.000147. The molecule has 7 heteroatoms. The van der Waals surface area contributed by atoms with Gasteiger partial charge in [-0.25, -0.2) is 0 Å². The van der Waals surface area contributed by atoms with E-state index >= 15 is 0 Å². The Morgan fingerprint density at radius 2 is 1.82 bits per heavy atom. The highest BCUT2D eigenvalue weighted by atomic mass is 16.5. The molecule has 1 N–H and O–H groups in total. The Morgan fingerprint density at radius 1 is 1.03 bits per heavy atom. The summed E-state index contributed by atoms with van der Waals surface area (Å²) < 4.78 is 5.43. The summed E-state index contributed by atoms with van der Waals surface area (Å²) in [5, 5.41) is 7.00. The van der Waals surface area contributed by atoms with Crippen LogP contribution in [0, 0.1) is 12.8 Å². The van der Waals surface area contributed by atoms with Crippen molar-refractivity contribution in [3.63, 3.8) is 0 Å². The van der Waals surface area contributed by atoms with Crippen LogP contribution < -0.4 is 5.32 Å². The van der Waals surface area contributed by atoms with Gasteiger partial charge in [0.2, 0.25) is 17.6 Å². The van der Waals surface area contributed by atoms with Crippen LogP contribution in [0.5, 0.6) is 0 Å². The molecule has 34 heavy (non-hydrogen) atoms. The van der Waals surface area contributed by atoms with Gasteiger partial charge < -0.3 is 14.7 Å². The van der Waals surface area contributed by atoms with Crippen LogP contribution >= 0.6 is 0 Å². The topological polar surface area (TPSA) is 88.3 Å². The zero-order valence-corrected chi connectivity index (χ0v) is 18.8. The van der Waals surface area contributed by atoms with Crippen LogP contribution in [0.1, 0.15) is 17.5 Å². The van der Waals surface area contributed by atoms with Gasteiger partial charge in [0.05, 0.1) is 5.92 Å². The van der Waals surface area contributed by atoms with Gasteiger partial charge in [0.15, 0.2) is 0 Å². The number of nitrogens with one attached hydrogen (secondary N) is 1.